The minimum absolute atomic E-state index is 0.172. The maximum Gasteiger partial charge on any atom is 0.410 e. The van der Waals surface area contributed by atoms with E-state index in [2.05, 4.69) is 4.98 Å². The molecule has 4 nitrogen and oxygen atoms in total. The highest BCUT2D eigenvalue weighted by molar-refractivity contribution is 7.98. The lowest BCUT2D eigenvalue weighted by Gasteiger charge is -2.28. The molecule has 1 aliphatic heterocycles. The van der Waals surface area contributed by atoms with Crippen molar-refractivity contribution in [2.75, 3.05) is 12.3 Å². The zero-order chi connectivity index (χ0) is 15.3. The Morgan fingerprint density at radius 1 is 1.43 bits per heavy atom. The molecule has 0 N–H and O–H groups in total. The number of rotatable bonds is 4. The van der Waals surface area contributed by atoms with Gasteiger partial charge in [0.1, 0.15) is 5.60 Å². The topological polar surface area (TPSA) is 42.4 Å². The molecule has 0 bridgehead atoms. The second kappa shape index (κ2) is 7.16. The Morgan fingerprint density at radius 2 is 2.14 bits per heavy atom. The molecule has 1 aromatic heterocycles. The SMILES string of the molecule is CC(C)(C)OC(=O)N1CCC[C@@H]1CSCc1ccncc1. The molecule has 1 atom stereocenters. The smallest absolute Gasteiger partial charge is 0.410 e. The monoisotopic (exact) mass is 308 g/mol. The second-order valence-electron chi connectivity index (χ2n) is 6.34. The molecule has 0 spiro atoms. The molecule has 0 saturated carbocycles. The summed E-state index contributed by atoms with van der Waals surface area (Å²) in [5.41, 5.74) is 0.853. The van der Waals surface area contributed by atoms with Gasteiger partial charge in [-0.2, -0.15) is 11.8 Å². The maximum atomic E-state index is 12.2. The number of nitrogens with zero attached hydrogens (tertiary/aromatic N) is 2. The molecule has 0 aromatic carbocycles. The Labute approximate surface area is 131 Å². The van der Waals surface area contributed by atoms with Crippen LogP contribution in [0.1, 0.15) is 39.2 Å². The van der Waals surface area contributed by atoms with Crippen LogP contribution in [0.15, 0.2) is 24.5 Å². The number of pyridine rings is 1. The molecule has 21 heavy (non-hydrogen) atoms. The number of hydrogen-bond donors (Lipinski definition) is 0. The number of carbonyl (C=O) groups excluding carboxylic acids is 1. The largest absolute Gasteiger partial charge is 0.444 e. The summed E-state index contributed by atoms with van der Waals surface area (Å²) in [4.78, 5) is 18.1. The normalized spacial score (nSPS) is 18.8. The molecule has 1 aliphatic rings. The number of carbonyl (C=O) groups is 1. The highest BCUT2D eigenvalue weighted by Crippen LogP contribution is 2.25. The van der Waals surface area contributed by atoms with Gasteiger partial charge in [0.2, 0.25) is 0 Å². The maximum absolute atomic E-state index is 12.2. The van der Waals surface area contributed by atoms with Crippen LogP contribution in [-0.2, 0) is 10.5 Å². The van der Waals surface area contributed by atoms with Crippen molar-refractivity contribution in [3.8, 4) is 0 Å². The number of ether oxygens (including phenoxy) is 1. The molecule has 5 heteroatoms. The van der Waals surface area contributed by atoms with Crippen molar-refractivity contribution in [1.29, 1.82) is 0 Å². The van der Waals surface area contributed by atoms with Crippen LogP contribution in [0.3, 0.4) is 0 Å². The van der Waals surface area contributed by atoms with E-state index >= 15 is 0 Å². The van der Waals surface area contributed by atoms with Gasteiger partial charge in [-0.3, -0.25) is 4.98 Å². The highest BCUT2D eigenvalue weighted by Gasteiger charge is 2.31. The molecule has 1 amide bonds. The fraction of sp³-hybridized carbons (Fsp3) is 0.625. The van der Waals surface area contributed by atoms with Crippen LogP contribution in [0.4, 0.5) is 4.79 Å². The van der Waals surface area contributed by atoms with Crippen molar-refractivity contribution in [2.45, 2.75) is 51.0 Å². The minimum atomic E-state index is -0.422. The number of likely N-dealkylation sites (tertiary alicyclic amines) is 1. The zero-order valence-electron chi connectivity index (χ0n) is 13.0. The molecule has 0 unspecified atom stereocenters. The van der Waals surface area contributed by atoms with Crippen LogP contribution in [-0.4, -0.2) is 39.9 Å². The van der Waals surface area contributed by atoms with Gasteiger partial charge < -0.3 is 9.64 Å². The first-order valence-electron chi connectivity index (χ1n) is 7.42. The Kier molecular flexibility index (Phi) is 5.51. The van der Waals surface area contributed by atoms with E-state index in [-0.39, 0.29) is 6.09 Å². The van der Waals surface area contributed by atoms with E-state index in [9.17, 15) is 4.79 Å². The van der Waals surface area contributed by atoms with Crippen LogP contribution < -0.4 is 0 Å². The summed E-state index contributed by atoms with van der Waals surface area (Å²) in [6.07, 6.45) is 5.61. The summed E-state index contributed by atoms with van der Waals surface area (Å²) in [7, 11) is 0. The van der Waals surface area contributed by atoms with Gasteiger partial charge in [-0.05, 0) is 51.3 Å². The molecule has 0 aliphatic carbocycles. The zero-order valence-corrected chi connectivity index (χ0v) is 13.9. The van der Waals surface area contributed by atoms with E-state index in [1.54, 1.807) is 0 Å². The molecule has 2 heterocycles. The summed E-state index contributed by atoms with van der Waals surface area (Å²) in [6.45, 7) is 6.55. The number of amides is 1. The van der Waals surface area contributed by atoms with Crippen LogP contribution in [0.2, 0.25) is 0 Å². The lowest BCUT2D eigenvalue weighted by Crippen LogP contribution is -2.40. The molecule has 1 saturated heterocycles. The Morgan fingerprint density at radius 3 is 2.81 bits per heavy atom. The number of hydrogen-bond acceptors (Lipinski definition) is 4. The Hall–Kier alpha value is -1.23. The van der Waals surface area contributed by atoms with Crippen LogP contribution in [0.25, 0.3) is 0 Å². The Balaban J connectivity index is 1.80. The average Bonchev–Trinajstić information content (AvgIpc) is 2.86. The van der Waals surface area contributed by atoms with Crippen molar-refractivity contribution in [3.63, 3.8) is 0 Å². The van der Waals surface area contributed by atoms with E-state index in [4.69, 9.17) is 4.74 Å². The standard InChI is InChI=1S/C16H24N2O2S/c1-16(2,3)20-15(19)18-10-4-5-14(18)12-21-11-13-6-8-17-9-7-13/h6-9,14H,4-5,10-12H2,1-3H3/t14-/m1/s1. The van der Waals surface area contributed by atoms with E-state index in [1.165, 1.54) is 5.56 Å². The third-order valence-electron chi connectivity index (χ3n) is 3.33. The van der Waals surface area contributed by atoms with E-state index in [1.807, 2.05) is 62.0 Å². The molecular weight excluding hydrogens is 284 g/mol. The molecule has 1 aromatic rings. The van der Waals surface area contributed by atoms with Gasteiger partial charge in [0.05, 0.1) is 0 Å². The first kappa shape index (κ1) is 16.1. The second-order valence-corrected chi connectivity index (χ2v) is 7.37. The van der Waals surface area contributed by atoms with Gasteiger partial charge in [0, 0.05) is 36.5 Å². The lowest BCUT2D eigenvalue weighted by atomic mass is 10.2. The van der Waals surface area contributed by atoms with Crippen molar-refractivity contribution < 1.29 is 9.53 Å². The van der Waals surface area contributed by atoms with Gasteiger partial charge >= 0.3 is 6.09 Å². The molecule has 1 fully saturated rings. The van der Waals surface area contributed by atoms with E-state index in [0.717, 1.165) is 30.9 Å². The third kappa shape index (κ3) is 5.23. The quantitative estimate of drug-likeness (QED) is 0.850. The van der Waals surface area contributed by atoms with Crippen LogP contribution >= 0.6 is 11.8 Å². The minimum Gasteiger partial charge on any atom is -0.444 e. The fourth-order valence-corrected chi connectivity index (χ4v) is 3.53. The predicted molar refractivity (Wildman–Crippen MR) is 86.4 cm³/mol. The molecule has 0 radical (unpaired) electrons. The number of thioether (sulfide) groups is 1. The Bertz CT molecular complexity index is 459. The number of aromatic nitrogens is 1. The summed E-state index contributed by atoms with van der Waals surface area (Å²) in [6, 6.07) is 4.37. The van der Waals surface area contributed by atoms with Gasteiger partial charge in [0.25, 0.3) is 0 Å². The third-order valence-corrected chi connectivity index (χ3v) is 4.49. The summed E-state index contributed by atoms with van der Waals surface area (Å²) >= 11 is 1.87. The first-order valence-corrected chi connectivity index (χ1v) is 8.57. The fourth-order valence-electron chi connectivity index (χ4n) is 2.36. The van der Waals surface area contributed by atoms with Gasteiger partial charge in [-0.25, -0.2) is 4.79 Å². The molecular formula is C16H24N2O2S. The van der Waals surface area contributed by atoms with Gasteiger partial charge in [0.15, 0.2) is 0 Å². The van der Waals surface area contributed by atoms with Gasteiger partial charge in [-0.1, -0.05) is 0 Å². The highest BCUT2D eigenvalue weighted by atomic mass is 32.2. The lowest BCUT2D eigenvalue weighted by molar-refractivity contribution is 0.0242. The predicted octanol–water partition coefficient (Wildman–Crippen LogP) is 3.71. The van der Waals surface area contributed by atoms with Gasteiger partial charge in [-0.15, -0.1) is 0 Å². The van der Waals surface area contributed by atoms with E-state index < -0.39 is 5.60 Å². The average molecular weight is 308 g/mol. The van der Waals surface area contributed by atoms with Crippen molar-refractivity contribution >= 4 is 17.9 Å². The summed E-state index contributed by atoms with van der Waals surface area (Å²) < 4.78 is 5.49. The van der Waals surface area contributed by atoms with E-state index in [0.29, 0.717) is 6.04 Å². The van der Waals surface area contributed by atoms with Crippen molar-refractivity contribution in [3.05, 3.63) is 30.1 Å². The van der Waals surface area contributed by atoms with Crippen LogP contribution in [0.5, 0.6) is 0 Å². The van der Waals surface area contributed by atoms with Crippen LogP contribution in [0, 0.1) is 0 Å². The molecule has 2 rings (SSSR count). The first-order chi connectivity index (χ1) is 9.96. The molecule has 116 valence electrons. The summed E-state index contributed by atoms with van der Waals surface area (Å²) in [5, 5.41) is 0. The van der Waals surface area contributed by atoms with Crippen molar-refractivity contribution in [2.24, 2.45) is 0 Å². The summed E-state index contributed by atoms with van der Waals surface area (Å²) in [5.74, 6) is 1.92. The van der Waals surface area contributed by atoms with Crippen molar-refractivity contribution in [1.82, 2.24) is 9.88 Å².